The summed E-state index contributed by atoms with van der Waals surface area (Å²) in [6, 6.07) is 21.8. The van der Waals surface area contributed by atoms with Crippen molar-refractivity contribution in [2.75, 3.05) is 13.7 Å². The maximum absolute atomic E-state index is 11.1. The van der Waals surface area contributed by atoms with Crippen LogP contribution in [0.25, 0.3) is 0 Å². The minimum absolute atomic E-state index is 0.0416. The second-order valence-electron chi connectivity index (χ2n) is 9.67. The molecule has 0 unspecified atom stereocenters. The van der Waals surface area contributed by atoms with Crippen LogP contribution in [0.3, 0.4) is 0 Å². The molecule has 0 saturated carbocycles. The van der Waals surface area contributed by atoms with E-state index in [1.165, 1.54) is 49.6 Å². The normalized spacial score (nSPS) is 12.0. The van der Waals surface area contributed by atoms with Crippen molar-refractivity contribution < 1.29 is 14.0 Å². The zero-order chi connectivity index (χ0) is 23.3. The van der Waals surface area contributed by atoms with Crippen LogP contribution in [-0.2, 0) is 14.0 Å². The number of esters is 1. The second-order valence-corrected chi connectivity index (χ2v) is 14.0. The van der Waals surface area contributed by atoms with Gasteiger partial charge in [-0.2, -0.15) is 0 Å². The van der Waals surface area contributed by atoms with E-state index in [1.54, 1.807) is 0 Å². The average molecular weight is 455 g/mol. The summed E-state index contributed by atoms with van der Waals surface area (Å²) in [5.41, 5.74) is 0. The summed E-state index contributed by atoms with van der Waals surface area (Å²) in [4.78, 5) is 11.1. The molecule has 4 heteroatoms. The number of carbonyl (C=O) groups excluding carboxylic acids is 1. The van der Waals surface area contributed by atoms with Gasteiger partial charge in [0.05, 0.1) is 7.11 Å². The Kier molecular flexibility index (Phi) is 11.2. The molecule has 176 valence electrons. The molecule has 0 spiro atoms. The Bertz CT molecular complexity index is 729. The van der Waals surface area contributed by atoms with E-state index < -0.39 is 8.32 Å². The number of hydrogen-bond donors (Lipinski definition) is 0. The third-order valence-electron chi connectivity index (χ3n) is 6.24. The third kappa shape index (κ3) is 7.60. The van der Waals surface area contributed by atoms with Gasteiger partial charge in [0.25, 0.3) is 8.32 Å². The first-order chi connectivity index (χ1) is 15.4. The van der Waals surface area contributed by atoms with Gasteiger partial charge in [-0.15, -0.1) is 0 Å². The summed E-state index contributed by atoms with van der Waals surface area (Å²) in [6.45, 7) is 7.81. The number of carbonyl (C=O) groups is 1. The average Bonchev–Trinajstić information content (AvgIpc) is 2.80. The highest BCUT2D eigenvalue weighted by Crippen LogP contribution is 2.36. The maximum Gasteiger partial charge on any atom is 0.305 e. The summed E-state index contributed by atoms with van der Waals surface area (Å²) in [5, 5.41) is 2.75. The standard InChI is InChI=1S/C28H42O3Si/c1-28(2,3)32(25-19-13-11-14-20-25,26-21-15-12-16-22-26)31-24-18-10-8-6-5-7-9-17-23-27(29)30-4/h11-16,19-22H,5-10,17-18,23-24H2,1-4H3. The van der Waals surface area contributed by atoms with E-state index in [0.29, 0.717) is 6.42 Å². The predicted octanol–water partition coefficient (Wildman–Crippen LogP) is 6.25. The minimum atomic E-state index is -2.39. The first-order valence-electron chi connectivity index (χ1n) is 12.2. The van der Waals surface area contributed by atoms with Crippen LogP contribution in [0.2, 0.25) is 5.04 Å². The predicted molar refractivity (Wildman–Crippen MR) is 137 cm³/mol. The molecule has 0 aromatic heterocycles. The van der Waals surface area contributed by atoms with E-state index in [-0.39, 0.29) is 11.0 Å². The number of methoxy groups -OCH3 is 1. The fourth-order valence-electron chi connectivity index (χ4n) is 4.52. The van der Waals surface area contributed by atoms with Crippen LogP contribution in [0.15, 0.2) is 60.7 Å². The zero-order valence-electron chi connectivity index (χ0n) is 20.6. The van der Waals surface area contributed by atoms with Crippen molar-refractivity contribution in [2.24, 2.45) is 0 Å². The molecule has 0 radical (unpaired) electrons. The first kappa shape index (κ1) is 26.3. The SMILES string of the molecule is COC(=O)CCCCCCCCCCO[Si](c1ccccc1)(c1ccccc1)C(C)(C)C. The quantitative estimate of drug-likeness (QED) is 0.192. The van der Waals surface area contributed by atoms with Crippen LogP contribution >= 0.6 is 0 Å². The Hall–Kier alpha value is -1.91. The third-order valence-corrected chi connectivity index (χ3v) is 11.3. The Morgan fingerprint density at radius 2 is 1.16 bits per heavy atom. The van der Waals surface area contributed by atoms with E-state index >= 15 is 0 Å². The van der Waals surface area contributed by atoms with Gasteiger partial charge in [-0.3, -0.25) is 4.79 Å². The van der Waals surface area contributed by atoms with Crippen LogP contribution in [0.1, 0.15) is 78.6 Å². The van der Waals surface area contributed by atoms with Gasteiger partial charge in [-0.25, -0.2) is 0 Å². The van der Waals surface area contributed by atoms with Crippen LogP contribution < -0.4 is 10.4 Å². The van der Waals surface area contributed by atoms with Gasteiger partial charge in [0.1, 0.15) is 0 Å². The topological polar surface area (TPSA) is 35.5 Å². The second kappa shape index (κ2) is 13.6. The van der Waals surface area contributed by atoms with Crippen molar-refractivity contribution in [1.29, 1.82) is 0 Å². The molecule has 0 heterocycles. The van der Waals surface area contributed by atoms with E-state index in [2.05, 4.69) is 86.2 Å². The van der Waals surface area contributed by atoms with Gasteiger partial charge in [-0.05, 0) is 28.3 Å². The summed E-state index contributed by atoms with van der Waals surface area (Å²) in [6.07, 6.45) is 9.89. The van der Waals surface area contributed by atoms with Gasteiger partial charge >= 0.3 is 5.97 Å². The minimum Gasteiger partial charge on any atom is -0.469 e. The molecule has 0 atom stereocenters. The molecule has 0 fully saturated rings. The fourth-order valence-corrected chi connectivity index (χ4v) is 9.13. The lowest BCUT2D eigenvalue weighted by molar-refractivity contribution is -0.140. The van der Waals surface area contributed by atoms with Crippen molar-refractivity contribution in [3.8, 4) is 0 Å². The molecule has 0 aliphatic carbocycles. The van der Waals surface area contributed by atoms with E-state index in [9.17, 15) is 4.79 Å². The highest BCUT2D eigenvalue weighted by molar-refractivity contribution is 6.99. The summed E-state index contributed by atoms with van der Waals surface area (Å²) in [5.74, 6) is -0.0918. The largest absolute Gasteiger partial charge is 0.469 e. The number of benzene rings is 2. The van der Waals surface area contributed by atoms with Crippen LogP contribution in [0.5, 0.6) is 0 Å². The molecule has 2 aromatic carbocycles. The zero-order valence-corrected chi connectivity index (χ0v) is 21.6. The number of unbranched alkanes of at least 4 members (excludes halogenated alkanes) is 7. The number of hydrogen-bond acceptors (Lipinski definition) is 3. The molecule has 0 N–H and O–H groups in total. The smallest absolute Gasteiger partial charge is 0.305 e. The summed E-state index contributed by atoms with van der Waals surface area (Å²) < 4.78 is 11.6. The van der Waals surface area contributed by atoms with Crippen molar-refractivity contribution in [1.82, 2.24) is 0 Å². The molecular weight excluding hydrogens is 412 g/mol. The summed E-state index contributed by atoms with van der Waals surface area (Å²) in [7, 11) is -0.932. The molecule has 3 nitrogen and oxygen atoms in total. The molecule has 0 bridgehead atoms. The Morgan fingerprint density at radius 1 is 0.719 bits per heavy atom. The highest BCUT2D eigenvalue weighted by Gasteiger charge is 2.49. The Labute approximate surface area is 196 Å². The van der Waals surface area contributed by atoms with Crippen LogP contribution in [0.4, 0.5) is 0 Å². The van der Waals surface area contributed by atoms with Gasteiger partial charge < -0.3 is 9.16 Å². The molecule has 0 aliphatic heterocycles. The van der Waals surface area contributed by atoms with Crippen molar-refractivity contribution in [3.63, 3.8) is 0 Å². The van der Waals surface area contributed by atoms with Gasteiger partial charge in [0, 0.05) is 13.0 Å². The number of rotatable bonds is 14. The van der Waals surface area contributed by atoms with Gasteiger partial charge in [0.15, 0.2) is 0 Å². The summed E-state index contributed by atoms with van der Waals surface area (Å²) >= 11 is 0. The molecule has 2 rings (SSSR count). The number of ether oxygens (including phenoxy) is 1. The molecule has 0 aliphatic rings. The van der Waals surface area contributed by atoms with Crippen molar-refractivity contribution in [3.05, 3.63) is 60.7 Å². The van der Waals surface area contributed by atoms with Gasteiger partial charge in [-0.1, -0.05) is 120 Å². The molecular formula is C28H42O3Si. The lowest BCUT2D eigenvalue weighted by Gasteiger charge is -2.43. The highest BCUT2D eigenvalue weighted by atomic mass is 28.4. The molecule has 0 amide bonds. The van der Waals surface area contributed by atoms with E-state index in [1.807, 2.05) is 0 Å². The van der Waals surface area contributed by atoms with E-state index in [0.717, 1.165) is 25.9 Å². The molecule has 0 saturated heterocycles. The van der Waals surface area contributed by atoms with Crippen molar-refractivity contribution in [2.45, 2.75) is 83.6 Å². The lowest BCUT2D eigenvalue weighted by Crippen LogP contribution is -2.66. The van der Waals surface area contributed by atoms with Crippen LogP contribution in [0, 0.1) is 0 Å². The maximum atomic E-state index is 11.1. The molecule has 32 heavy (non-hydrogen) atoms. The first-order valence-corrected chi connectivity index (χ1v) is 14.1. The molecule has 2 aromatic rings. The fraction of sp³-hybridized carbons (Fsp3) is 0.536. The Morgan fingerprint density at radius 3 is 1.59 bits per heavy atom. The Balaban J connectivity index is 1.85. The van der Waals surface area contributed by atoms with E-state index in [4.69, 9.17) is 4.43 Å². The lowest BCUT2D eigenvalue weighted by atomic mass is 10.1. The monoisotopic (exact) mass is 454 g/mol. The van der Waals surface area contributed by atoms with Gasteiger partial charge in [0.2, 0.25) is 0 Å². The van der Waals surface area contributed by atoms with Crippen molar-refractivity contribution >= 4 is 24.7 Å². The van der Waals surface area contributed by atoms with Crippen LogP contribution in [-0.4, -0.2) is 28.0 Å².